The molecular formula is C21H14Cl2FN3O2S. The van der Waals surface area contributed by atoms with Crippen LogP contribution < -0.4 is 15.5 Å². The third kappa shape index (κ3) is 6.25. The summed E-state index contributed by atoms with van der Waals surface area (Å²) in [6.45, 7) is 0. The number of carbonyl (C=O) groups is 1. The first kappa shape index (κ1) is 21.7. The van der Waals surface area contributed by atoms with Gasteiger partial charge in [-0.2, -0.15) is 5.10 Å². The molecule has 0 saturated carbocycles. The zero-order valence-corrected chi connectivity index (χ0v) is 17.6. The SMILES string of the molecule is O=C(Oc1ccc(/C=N\NC(=S)Nc2ccc(F)cc2)cc1)c1ccc(Cl)cc1Cl. The summed E-state index contributed by atoms with van der Waals surface area (Å²) in [7, 11) is 0. The summed E-state index contributed by atoms with van der Waals surface area (Å²) < 4.78 is 18.2. The molecule has 0 fully saturated rings. The molecule has 0 saturated heterocycles. The van der Waals surface area contributed by atoms with E-state index in [1.54, 1.807) is 48.7 Å². The second-order valence-corrected chi connectivity index (χ2v) is 7.17. The molecule has 3 aromatic carbocycles. The van der Waals surface area contributed by atoms with Crippen molar-refractivity contribution in [2.75, 3.05) is 5.32 Å². The number of esters is 1. The number of hydrogen-bond acceptors (Lipinski definition) is 4. The van der Waals surface area contributed by atoms with Gasteiger partial charge in [0.1, 0.15) is 11.6 Å². The summed E-state index contributed by atoms with van der Waals surface area (Å²) in [6.07, 6.45) is 1.54. The highest BCUT2D eigenvalue weighted by Gasteiger charge is 2.13. The third-order valence-electron chi connectivity index (χ3n) is 3.72. The molecule has 0 atom stereocenters. The topological polar surface area (TPSA) is 62.7 Å². The number of hydrogen-bond donors (Lipinski definition) is 2. The average molecular weight is 462 g/mol. The van der Waals surface area contributed by atoms with Crippen molar-refractivity contribution in [3.63, 3.8) is 0 Å². The second kappa shape index (κ2) is 10.2. The molecule has 0 aliphatic heterocycles. The number of halogens is 3. The molecule has 30 heavy (non-hydrogen) atoms. The average Bonchev–Trinajstić information content (AvgIpc) is 2.71. The number of hydrazone groups is 1. The smallest absolute Gasteiger partial charge is 0.345 e. The highest BCUT2D eigenvalue weighted by molar-refractivity contribution is 7.80. The predicted molar refractivity (Wildman–Crippen MR) is 121 cm³/mol. The molecule has 0 amide bonds. The second-order valence-electron chi connectivity index (χ2n) is 5.91. The van der Waals surface area contributed by atoms with Gasteiger partial charge in [-0.25, -0.2) is 9.18 Å². The molecule has 2 N–H and O–H groups in total. The number of rotatable bonds is 5. The van der Waals surface area contributed by atoms with Gasteiger partial charge in [0.2, 0.25) is 0 Å². The van der Waals surface area contributed by atoms with Crippen LogP contribution in [0.5, 0.6) is 5.75 Å². The molecule has 0 aliphatic rings. The first-order valence-corrected chi connectivity index (χ1v) is 9.70. The number of anilines is 1. The zero-order valence-electron chi connectivity index (χ0n) is 15.2. The van der Waals surface area contributed by atoms with Crippen molar-refractivity contribution in [2.45, 2.75) is 0 Å². The lowest BCUT2D eigenvalue weighted by Gasteiger charge is -2.07. The molecule has 152 valence electrons. The Labute approximate surface area is 187 Å². The van der Waals surface area contributed by atoms with Crippen molar-refractivity contribution in [3.05, 3.63) is 93.7 Å². The van der Waals surface area contributed by atoms with E-state index < -0.39 is 5.97 Å². The van der Waals surface area contributed by atoms with Gasteiger partial charge in [-0.3, -0.25) is 5.43 Å². The maximum Gasteiger partial charge on any atom is 0.345 e. The molecular weight excluding hydrogens is 448 g/mol. The van der Waals surface area contributed by atoms with Gasteiger partial charge in [0.15, 0.2) is 5.11 Å². The van der Waals surface area contributed by atoms with E-state index in [1.165, 1.54) is 24.3 Å². The minimum atomic E-state index is -0.586. The Balaban J connectivity index is 1.53. The van der Waals surface area contributed by atoms with Crippen LogP contribution in [-0.4, -0.2) is 17.3 Å². The summed E-state index contributed by atoms with van der Waals surface area (Å²) in [5, 5.41) is 7.80. The number of carbonyl (C=O) groups excluding carboxylic acids is 1. The van der Waals surface area contributed by atoms with E-state index in [0.29, 0.717) is 16.5 Å². The van der Waals surface area contributed by atoms with E-state index in [2.05, 4.69) is 15.8 Å². The van der Waals surface area contributed by atoms with Gasteiger partial charge in [-0.05, 0) is 84.5 Å². The molecule has 0 heterocycles. The van der Waals surface area contributed by atoms with Crippen LogP contribution in [0.3, 0.4) is 0 Å². The largest absolute Gasteiger partial charge is 0.423 e. The minimum absolute atomic E-state index is 0.215. The van der Waals surface area contributed by atoms with Crippen molar-refractivity contribution < 1.29 is 13.9 Å². The van der Waals surface area contributed by atoms with E-state index in [9.17, 15) is 9.18 Å². The van der Waals surface area contributed by atoms with Gasteiger partial charge in [-0.15, -0.1) is 0 Å². The lowest BCUT2D eigenvalue weighted by Crippen LogP contribution is -2.23. The number of nitrogens with one attached hydrogen (secondary N) is 2. The highest BCUT2D eigenvalue weighted by Crippen LogP contribution is 2.23. The molecule has 0 spiro atoms. The monoisotopic (exact) mass is 461 g/mol. The number of benzene rings is 3. The fourth-order valence-corrected chi connectivity index (χ4v) is 2.95. The predicted octanol–water partition coefficient (Wildman–Crippen LogP) is 5.67. The molecule has 5 nitrogen and oxygen atoms in total. The van der Waals surface area contributed by atoms with Crippen molar-refractivity contribution >= 4 is 58.4 Å². The molecule has 3 aromatic rings. The van der Waals surface area contributed by atoms with Gasteiger partial charge in [0.05, 0.1) is 16.8 Å². The molecule has 3 rings (SSSR count). The van der Waals surface area contributed by atoms with Crippen molar-refractivity contribution in [1.29, 1.82) is 0 Å². The number of thiocarbonyl (C=S) groups is 1. The van der Waals surface area contributed by atoms with Crippen LogP contribution in [0, 0.1) is 5.82 Å². The van der Waals surface area contributed by atoms with Gasteiger partial charge in [-0.1, -0.05) is 23.2 Å². The zero-order chi connectivity index (χ0) is 21.5. The molecule has 0 bridgehead atoms. The fraction of sp³-hybridized carbons (Fsp3) is 0. The summed E-state index contributed by atoms with van der Waals surface area (Å²) in [5.41, 5.74) is 4.26. The van der Waals surface area contributed by atoms with Crippen LogP contribution in [0.25, 0.3) is 0 Å². The molecule has 0 unspecified atom stereocenters. The Kier molecular flexibility index (Phi) is 7.35. The van der Waals surface area contributed by atoms with Gasteiger partial charge in [0, 0.05) is 10.7 Å². The van der Waals surface area contributed by atoms with Crippen LogP contribution >= 0.6 is 35.4 Å². The standard InChI is InChI=1S/C21H14Cl2FN3O2S/c22-14-3-10-18(19(23)11-14)20(28)29-17-8-1-13(2-9-17)12-25-27-21(30)26-16-6-4-15(24)5-7-16/h1-12H,(H2,26,27,30)/b25-12-. The number of ether oxygens (including phenoxy) is 1. The first-order chi connectivity index (χ1) is 14.4. The Hall–Kier alpha value is -3.00. The molecule has 9 heteroatoms. The molecule has 0 radical (unpaired) electrons. The van der Waals surface area contributed by atoms with Crippen LogP contribution in [0.4, 0.5) is 10.1 Å². The lowest BCUT2D eigenvalue weighted by atomic mass is 10.2. The van der Waals surface area contributed by atoms with Gasteiger partial charge in [0.25, 0.3) is 0 Å². The van der Waals surface area contributed by atoms with Crippen molar-refractivity contribution in [3.8, 4) is 5.75 Å². The van der Waals surface area contributed by atoms with E-state index in [-0.39, 0.29) is 21.5 Å². The Morgan fingerprint density at radius 2 is 1.73 bits per heavy atom. The first-order valence-electron chi connectivity index (χ1n) is 8.53. The van der Waals surface area contributed by atoms with Crippen molar-refractivity contribution in [2.24, 2.45) is 5.10 Å². The Morgan fingerprint density at radius 1 is 1.03 bits per heavy atom. The number of nitrogens with zero attached hydrogens (tertiary/aromatic N) is 1. The van der Waals surface area contributed by atoms with Crippen LogP contribution in [0.2, 0.25) is 10.0 Å². The van der Waals surface area contributed by atoms with E-state index >= 15 is 0 Å². The van der Waals surface area contributed by atoms with E-state index in [1.807, 2.05) is 0 Å². The maximum atomic E-state index is 12.9. The molecule has 0 aliphatic carbocycles. The summed E-state index contributed by atoms with van der Waals surface area (Å²) in [5.74, 6) is -0.565. The highest BCUT2D eigenvalue weighted by atomic mass is 35.5. The Bertz CT molecular complexity index is 1090. The lowest BCUT2D eigenvalue weighted by molar-refractivity contribution is 0.0735. The van der Waals surface area contributed by atoms with E-state index in [4.69, 9.17) is 40.2 Å². The van der Waals surface area contributed by atoms with Gasteiger partial charge >= 0.3 is 5.97 Å². The maximum absolute atomic E-state index is 12.9. The quantitative estimate of drug-likeness (QED) is 0.168. The van der Waals surface area contributed by atoms with Crippen LogP contribution in [-0.2, 0) is 0 Å². The third-order valence-corrected chi connectivity index (χ3v) is 4.46. The molecule has 0 aromatic heterocycles. The van der Waals surface area contributed by atoms with Crippen LogP contribution in [0.15, 0.2) is 71.8 Å². The van der Waals surface area contributed by atoms with Crippen molar-refractivity contribution in [1.82, 2.24) is 5.43 Å². The normalized spacial score (nSPS) is 10.6. The summed E-state index contributed by atoms with van der Waals surface area (Å²) in [4.78, 5) is 12.2. The van der Waals surface area contributed by atoms with Crippen LogP contribution in [0.1, 0.15) is 15.9 Å². The summed E-state index contributed by atoms with van der Waals surface area (Å²) >= 11 is 17.0. The Morgan fingerprint density at radius 3 is 2.40 bits per heavy atom. The fourth-order valence-electron chi connectivity index (χ4n) is 2.30. The summed E-state index contributed by atoms with van der Waals surface area (Å²) in [6, 6.07) is 17.0. The minimum Gasteiger partial charge on any atom is -0.423 e. The van der Waals surface area contributed by atoms with E-state index in [0.717, 1.165) is 5.56 Å². The van der Waals surface area contributed by atoms with Gasteiger partial charge < -0.3 is 10.1 Å².